The molecule has 0 aromatic heterocycles. The highest BCUT2D eigenvalue weighted by Gasteiger charge is 2.08. The number of aliphatic imine (C=N–C) groups is 1. The van der Waals surface area contributed by atoms with Gasteiger partial charge in [0.05, 0.1) is 11.2 Å². The molecule has 0 radical (unpaired) electrons. The molecule has 0 fully saturated rings. The lowest BCUT2D eigenvalue weighted by Gasteiger charge is -2.11. The summed E-state index contributed by atoms with van der Waals surface area (Å²) < 4.78 is 23.0. The molecule has 23 heavy (non-hydrogen) atoms. The quantitative estimate of drug-likeness (QED) is 0.270. The van der Waals surface area contributed by atoms with E-state index < -0.39 is 9.84 Å². The predicted octanol–water partition coefficient (Wildman–Crippen LogP) is 3.18. The molecule has 6 heteroatoms. The topological polar surface area (TPSA) is 58.5 Å². The van der Waals surface area contributed by atoms with E-state index in [1.807, 2.05) is 19.1 Å². The summed E-state index contributed by atoms with van der Waals surface area (Å²) in [5.74, 6) is 0. The summed E-state index contributed by atoms with van der Waals surface area (Å²) in [7, 11) is -1.54. The van der Waals surface area contributed by atoms with Crippen LogP contribution in [0.3, 0.4) is 0 Å². The molecule has 0 aliphatic rings. The molecule has 1 rings (SSSR count). The number of thiocarbonyl (C=S) groups is 1. The maximum Gasteiger partial charge on any atom is 0.175 e. The van der Waals surface area contributed by atoms with Crippen molar-refractivity contribution in [2.24, 2.45) is 4.99 Å². The Balaban J connectivity index is 3.31. The zero-order valence-corrected chi connectivity index (χ0v) is 15.0. The van der Waals surface area contributed by atoms with Gasteiger partial charge in [-0.25, -0.2) is 8.42 Å². The van der Waals surface area contributed by atoms with Crippen LogP contribution < -0.4 is 5.32 Å². The van der Waals surface area contributed by atoms with Crippen molar-refractivity contribution in [1.29, 1.82) is 0 Å². The molecule has 0 amide bonds. The summed E-state index contributed by atoms with van der Waals surface area (Å²) in [6, 6.07) is 6.64. The van der Waals surface area contributed by atoms with Crippen LogP contribution in [0, 0.1) is 0 Å². The van der Waals surface area contributed by atoms with Crippen LogP contribution >= 0.6 is 12.2 Å². The van der Waals surface area contributed by atoms with Crippen LogP contribution in [0.1, 0.15) is 12.5 Å². The zero-order chi connectivity index (χ0) is 17.5. The normalized spacial score (nSPS) is 13.2. The molecule has 1 aromatic carbocycles. The third kappa shape index (κ3) is 5.92. The Kier molecular flexibility index (Phi) is 7.06. The molecule has 0 aliphatic heterocycles. The molecule has 0 saturated heterocycles. The smallest absolute Gasteiger partial charge is 0.175 e. The summed E-state index contributed by atoms with van der Waals surface area (Å²) in [5.41, 5.74) is 2.42. The Hall–Kier alpha value is -2.05. The molecule has 0 atom stereocenters. The Bertz CT molecular complexity index is 771. The van der Waals surface area contributed by atoms with E-state index in [1.165, 1.54) is 6.26 Å². The fraction of sp³-hybridized carbons (Fsp3) is 0.176. The van der Waals surface area contributed by atoms with Crippen molar-refractivity contribution < 1.29 is 8.42 Å². The minimum atomic E-state index is -3.20. The number of hydrogen-bond acceptors (Lipinski definition) is 4. The van der Waals surface area contributed by atoms with Gasteiger partial charge in [-0.3, -0.25) is 4.99 Å². The first-order chi connectivity index (χ1) is 10.8. The lowest BCUT2D eigenvalue weighted by molar-refractivity contribution is 0.602. The van der Waals surface area contributed by atoms with Gasteiger partial charge in [-0.1, -0.05) is 43.1 Å². The molecule has 122 valence electrons. The largest absolute Gasteiger partial charge is 0.346 e. The summed E-state index contributed by atoms with van der Waals surface area (Å²) in [5, 5.41) is 3.08. The highest BCUT2D eigenvalue weighted by molar-refractivity contribution is 7.90. The maximum atomic E-state index is 11.5. The van der Waals surface area contributed by atoms with Crippen LogP contribution in [0.15, 0.2) is 64.2 Å². The molecular formula is C17H20N2O2S2. The van der Waals surface area contributed by atoms with Gasteiger partial charge >= 0.3 is 0 Å². The van der Waals surface area contributed by atoms with Crippen molar-refractivity contribution in [2.75, 3.05) is 13.3 Å². The van der Waals surface area contributed by atoms with Gasteiger partial charge in [0.2, 0.25) is 0 Å². The number of benzene rings is 1. The standard InChI is InChI=1S/C17H20N2O2S2/c1-5-6-16(13(2)22)17(19-12-18-3)11-14-7-9-15(10-8-14)23(4,20)21/h5-12H,1H2,2-4H3,(H,18,19)/b16-6+,17-11+. The second-order valence-corrected chi connectivity index (χ2v) is 7.43. The number of rotatable bonds is 7. The second-order valence-electron chi connectivity index (χ2n) is 4.80. The van der Waals surface area contributed by atoms with Gasteiger partial charge in [0.15, 0.2) is 9.84 Å². The predicted molar refractivity (Wildman–Crippen MR) is 102 cm³/mol. The van der Waals surface area contributed by atoms with E-state index >= 15 is 0 Å². The number of nitrogens with one attached hydrogen (secondary N) is 1. The van der Waals surface area contributed by atoms with Crippen LogP contribution in [0.4, 0.5) is 0 Å². The molecule has 0 unspecified atom stereocenters. The summed E-state index contributed by atoms with van der Waals surface area (Å²) in [6.07, 6.45) is 8.10. The van der Waals surface area contributed by atoms with Crippen molar-refractivity contribution in [3.8, 4) is 0 Å². The van der Waals surface area contributed by atoms with E-state index in [-0.39, 0.29) is 4.90 Å². The number of nitrogens with zero attached hydrogens (tertiary/aromatic N) is 1. The van der Waals surface area contributed by atoms with Gasteiger partial charge in [0.1, 0.15) is 0 Å². The number of hydrogen-bond donors (Lipinski definition) is 1. The fourth-order valence-corrected chi connectivity index (χ4v) is 2.63. The van der Waals surface area contributed by atoms with Gasteiger partial charge in [-0.15, -0.1) is 0 Å². The summed E-state index contributed by atoms with van der Waals surface area (Å²) >= 11 is 5.27. The van der Waals surface area contributed by atoms with Crippen LogP contribution in [-0.4, -0.2) is 32.9 Å². The Morgan fingerprint density at radius 2 is 1.91 bits per heavy atom. The Morgan fingerprint density at radius 1 is 1.30 bits per heavy atom. The lowest BCUT2D eigenvalue weighted by Crippen LogP contribution is -2.15. The molecule has 0 aliphatic carbocycles. The van der Waals surface area contributed by atoms with E-state index in [9.17, 15) is 8.42 Å². The maximum absolute atomic E-state index is 11.5. The van der Waals surface area contributed by atoms with Crippen LogP contribution in [0.5, 0.6) is 0 Å². The molecule has 0 spiro atoms. The van der Waals surface area contributed by atoms with Crippen LogP contribution in [0.2, 0.25) is 0 Å². The first-order valence-electron chi connectivity index (χ1n) is 6.82. The SMILES string of the molecule is C=C/C=C(C(C)=S)/C(=C\c1ccc(S(C)(=O)=O)cc1)NC=NC. The van der Waals surface area contributed by atoms with E-state index in [0.717, 1.165) is 16.8 Å². The Labute approximate surface area is 143 Å². The number of allylic oxidation sites excluding steroid dienone is 3. The van der Waals surface area contributed by atoms with Crippen LogP contribution in [0.25, 0.3) is 6.08 Å². The van der Waals surface area contributed by atoms with E-state index in [2.05, 4.69) is 16.9 Å². The van der Waals surface area contributed by atoms with Gasteiger partial charge in [0.25, 0.3) is 0 Å². The first-order valence-corrected chi connectivity index (χ1v) is 9.12. The highest BCUT2D eigenvalue weighted by atomic mass is 32.2. The minimum Gasteiger partial charge on any atom is -0.346 e. The van der Waals surface area contributed by atoms with Crippen molar-refractivity contribution >= 4 is 39.3 Å². The molecule has 0 saturated carbocycles. The molecular weight excluding hydrogens is 328 g/mol. The summed E-state index contributed by atoms with van der Waals surface area (Å²) in [4.78, 5) is 4.91. The van der Waals surface area contributed by atoms with Crippen LogP contribution in [-0.2, 0) is 9.84 Å². The van der Waals surface area contributed by atoms with Gasteiger partial charge in [-0.2, -0.15) is 0 Å². The minimum absolute atomic E-state index is 0.284. The monoisotopic (exact) mass is 348 g/mol. The van der Waals surface area contributed by atoms with Crippen molar-refractivity contribution in [2.45, 2.75) is 11.8 Å². The van der Waals surface area contributed by atoms with E-state index in [4.69, 9.17) is 12.2 Å². The lowest BCUT2D eigenvalue weighted by atomic mass is 10.1. The second kappa shape index (κ2) is 8.55. The molecule has 4 nitrogen and oxygen atoms in total. The number of sulfone groups is 1. The van der Waals surface area contributed by atoms with E-state index in [0.29, 0.717) is 4.86 Å². The Morgan fingerprint density at radius 3 is 2.35 bits per heavy atom. The molecule has 1 N–H and O–H groups in total. The van der Waals surface area contributed by atoms with Gasteiger partial charge in [0, 0.05) is 29.4 Å². The third-order valence-corrected chi connectivity index (χ3v) is 4.27. The zero-order valence-electron chi connectivity index (χ0n) is 13.4. The molecule has 0 heterocycles. The molecule has 1 aromatic rings. The third-order valence-electron chi connectivity index (χ3n) is 2.92. The average Bonchev–Trinajstić information content (AvgIpc) is 2.48. The highest BCUT2D eigenvalue weighted by Crippen LogP contribution is 2.17. The van der Waals surface area contributed by atoms with Crippen molar-refractivity contribution in [3.63, 3.8) is 0 Å². The van der Waals surface area contributed by atoms with Gasteiger partial charge in [-0.05, 0) is 30.7 Å². The van der Waals surface area contributed by atoms with Gasteiger partial charge < -0.3 is 5.32 Å². The first kappa shape index (κ1) is 19.0. The van der Waals surface area contributed by atoms with E-state index in [1.54, 1.807) is 43.7 Å². The average molecular weight is 348 g/mol. The fourth-order valence-electron chi connectivity index (χ4n) is 1.82. The summed E-state index contributed by atoms with van der Waals surface area (Å²) in [6.45, 7) is 5.53. The molecule has 0 bridgehead atoms. The van der Waals surface area contributed by atoms with Crippen molar-refractivity contribution in [3.05, 3.63) is 59.8 Å². The van der Waals surface area contributed by atoms with Crippen molar-refractivity contribution in [1.82, 2.24) is 5.32 Å².